The van der Waals surface area contributed by atoms with Crippen molar-refractivity contribution in [1.82, 2.24) is 15.3 Å². The summed E-state index contributed by atoms with van der Waals surface area (Å²) in [5.74, 6) is -0.794. The number of hydrazone groups is 1. The Hall–Kier alpha value is -3.12. The van der Waals surface area contributed by atoms with Crippen LogP contribution in [0.5, 0.6) is 0 Å². The molecule has 0 radical (unpaired) electrons. The summed E-state index contributed by atoms with van der Waals surface area (Å²) in [4.78, 5) is 23.8. The normalized spacial score (nSPS) is 11.0. The van der Waals surface area contributed by atoms with E-state index in [1.54, 1.807) is 24.4 Å². The second-order valence-electron chi connectivity index (χ2n) is 5.70. The van der Waals surface area contributed by atoms with Gasteiger partial charge in [-0.15, -0.1) is 0 Å². The summed E-state index contributed by atoms with van der Waals surface area (Å²) in [6.07, 6.45) is 3.51. The van der Waals surface area contributed by atoms with Crippen LogP contribution < -0.4 is 10.7 Å². The lowest BCUT2D eigenvalue weighted by Crippen LogP contribution is -2.34. The largest absolute Gasteiger partial charge is 0.350 e. The highest BCUT2D eigenvalue weighted by molar-refractivity contribution is 6.31. The van der Waals surface area contributed by atoms with Crippen LogP contribution in [0.4, 0.5) is 0 Å². The number of aryl methyl sites for hydroxylation is 1. The summed E-state index contributed by atoms with van der Waals surface area (Å²) in [6, 6.07) is 14.4. The monoisotopic (exact) mass is 368 g/mol. The Kier molecular flexibility index (Phi) is 5.34. The van der Waals surface area contributed by atoms with Gasteiger partial charge in [0.2, 0.25) is 0 Å². The fraction of sp³-hybridized carbons (Fsp3) is 0.105. The lowest BCUT2D eigenvalue weighted by Gasteiger charge is -2.04. The molecule has 0 aliphatic rings. The molecule has 0 saturated heterocycles. The molecule has 0 bridgehead atoms. The Bertz CT molecular complexity index is 994. The molecule has 7 heteroatoms. The second-order valence-corrected chi connectivity index (χ2v) is 6.14. The number of amides is 2. The van der Waals surface area contributed by atoms with E-state index < -0.39 is 5.91 Å². The first kappa shape index (κ1) is 17.7. The summed E-state index contributed by atoms with van der Waals surface area (Å²) in [5.41, 5.74) is 4.77. The van der Waals surface area contributed by atoms with Gasteiger partial charge in [0.15, 0.2) is 0 Å². The van der Waals surface area contributed by atoms with Gasteiger partial charge < -0.3 is 9.88 Å². The number of rotatable bonds is 5. The molecule has 0 atom stereocenters. The van der Waals surface area contributed by atoms with Crippen LogP contribution in [0.3, 0.4) is 0 Å². The van der Waals surface area contributed by atoms with Crippen LogP contribution in [0.2, 0.25) is 5.02 Å². The molecule has 0 saturated carbocycles. The number of nitrogens with zero attached hydrogens (tertiary/aromatic N) is 2. The number of nitrogens with one attached hydrogen (secondary N) is 2. The Balaban J connectivity index is 1.55. The van der Waals surface area contributed by atoms with Gasteiger partial charge in [-0.2, -0.15) is 5.10 Å². The van der Waals surface area contributed by atoms with Crippen molar-refractivity contribution in [1.29, 1.82) is 0 Å². The van der Waals surface area contributed by atoms with Gasteiger partial charge >= 0.3 is 0 Å². The van der Waals surface area contributed by atoms with E-state index in [0.717, 1.165) is 16.5 Å². The highest BCUT2D eigenvalue weighted by Crippen LogP contribution is 2.18. The molecular formula is C19H17ClN4O2. The quantitative estimate of drug-likeness (QED) is 0.536. The lowest BCUT2D eigenvalue weighted by molar-refractivity contribution is -0.120. The van der Waals surface area contributed by atoms with E-state index in [2.05, 4.69) is 15.8 Å². The first-order valence-corrected chi connectivity index (χ1v) is 8.32. The van der Waals surface area contributed by atoms with Gasteiger partial charge in [0.1, 0.15) is 0 Å². The van der Waals surface area contributed by atoms with Crippen LogP contribution in [-0.4, -0.2) is 29.1 Å². The summed E-state index contributed by atoms with van der Waals surface area (Å²) in [6.45, 7) is -0.182. The first-order chi connectivity index (χ1) is 12.5. The van der Waals surface area contributed by atoms with E-state index in [9.17, 15) is 9.59 Å². The first-order valence-electron chi connectivity index (χ1n) is 7.94. The lowest BCUT2D eigenvalue weighted by atomic mass is 10.2. The number of benzene rings is 2. The third-order valence-corrected chi connectivity index (χ3v) is 4.05. The Morgan fingerprint density at radius 2 is 2.00 bits per heavy atom. The fourth-order valence-electron chi connectivity index (χ4n) is 2.58. The minimum absolute atomic E-state index is 0.182. The average molecular weight is 369 g/mol. The molecule has 3 aromatic rings. The van der Waals surface area contributed by atoms with E-state index in [-0.39, 0.29) is 12.5 Å². The van der Waals surface area contributed by atoms with Crippen molar-refractivity contribution in [2.75, 3.05) is 6.54 Å². The maximum absolute atomic E-state index is 12.0. The number of fused-ring (bicyclic) bond motifs is 1. The van der Waals surface area contributed by atoms with E-state index in [1.807, 2.05) is 42.1 Å². The van der Waals surface area contributed by atoms with Gasteiger partial charge in [-0.3, -0.25) is 9.59 Å². The SMILES string of the molecule is Cn1cc(/C=N/NC(=O)CNC(=O)c2cccc(Cl)c2)c2ccccc21. The second kappa shape index (κ2) is 7.84. The number of para-hydroxylation sites is 1. The van der Waals surface area contributed by atoms with Gasteiger partial charge in [-0.25, -0.2) is 5.43 Å². The zero-order valence-electron chi connectivity index (χ0n) is 14.1. The molecule has 3 rings (SSSR count). The molecule has 0 fully saturated rings. The number of halogens is 1. The standard InChI is InChI=1S/C19H17ClN4O2/c1-24-12-14(16-7-2-3-8-17(16)24)10-22-23-18(25)11-21-19(26)13-5-4-6-15(20)9-13/h2-10,12H,11H2,1H3,(H,21,26)(H,23,25)/b22-10+. The van der Waals surface area contributed by atoms with Crippen molar-refractivity contribution in [3.63, 3.8) is 0 Å². The minimum Gasteiger partial charge on any atom is -0.350 e. The highest BCUT2D eigenvalue weighted by atomic mass is 35.5. The molecule has 6 nitrogen and oxygen atoms in total. The fourth-order valence-corrected chi connectivity index (χ4v) is 2.77. The molecule has 0 spiro atoms. The maximum atomic E-state index is 12.0. The number of carbonyl (C=O) groups excluding carboxylic acids is 2. The van der Waals surface area contributed by atoms with Crippen LogP contribution in [0.25, 0.3) is 10.9 Å². The van der Waals surface area contributed by atoms with E-state index in [1.165, 1.54) is 6.07 Å². The molecule has 1 aromatic heterocycles. The minimum atomic E-state index is -0.420. The molecule has 2 amide bonds. The van der Waals surface area contributed by atoms with Crippen molar-refractivity contribution in [3.05, 3.63) is 70.9 Å². The van der Waals surface area contributed by atoms with Gasteiger partial charge in [-0.1, -0.05) is 35.9 Å². The Morgan fingerprint density at radius 3 is 2.81 bits per heavy atom. The van der Waals surface area contributed by atoms with E-state index in [0.29, 0.717) is 10.6 Å². The van der Waals surface area contributed by atoms with Crippen molar-refractivity contribution < 1.29 is 9.59 Å². The molecule has 2 aromatic carbocycles. The summed E-state index contributed by atoms with van der Waals surface area (Å²) in [7, 11) is 1.95. The van der Waals surface area contributed by atoms with Crippen molar-refractivity contribution in [2.24, 2.45) is 12.1 Å². The topological polar surface area (TPSA) is 75.5 Å². The zero-order valence-corrected chi connectivity index (χ0v) is 14.8. The third kappa shape index (κ3) is 4.10. The Morgan fingerprint density at radius 1 is 1.19 bits per heavy atom. The van der Waals surface area contributed by atoms with E-state index in [4.69, 9.17) is 11.6 Å². The molecule has 2 N–H and O–H groups in total. The predicted octanol–water partition coefficient (Wildman–Crippen LogP) is 2.71. The van der Waals surface area contributed by atoms with Crippen molar-refractivity contribution in [3.8, 4) is 0 Å². The van der Waals surface area contributed by atoms with E-state index >= 15 is 0 Å². The number of carbonyl (C=O) groups is 2. The van der Waals surface area contributed by atoms with Gasteiger partial charge in [0.25, 0.3) is 11.8 Å². The smallest absolute Gasteiger partial charge is 0.259 e. The summed E-state index contributed by atoms with van der Waals surface area (Å²) < 4.78 is 1.99. The highest BCUT2D eigenvalue weighted by Gasteiger charge is 2.08. The number of hydrogen-bond acceptors (Lipinski definition) is 3. The predicted molar refractivity (Wildman–Crippen MR) is 102 cm³/mol. The van der Waals surface area contributed by atoms with Crippen LogP contribution >= 0.6 is 11.6 Å². The number of hydrogen-bond donors (Lipinski definition) is 2. The molecule has 132 valence electrons. The van der Waals surface area contributed by atoms with Crippen LogP contribution in [0.1, 0.15) is 15.9 Å². The van der Waals surface area contributed by atoms with Crippen LogP contribution in [0.15, 0.2) is 59.8 Å². The number of aromatic nitrogens is 1. The van der Waals surface area contributed by atoms with Crippen molar-refractivity contribution in [2.45, 2.75) is 0 Å². The van der Waals surface area contributed by atoms with Gasteiger partial charge in [-0.05, 0) is 24.3 Å². The molecule has 0 unspecified atom stereocenters. The molecule has 1 heterocycles. The zero-order chi connectivity index (χ0) is 18.5. The average Bonchev–Trinajstić information content (AvgIpc) is 2.96. The molecule has 26 heavy (non-hydrogen) atoms. The van der Waals surface area contributed by atoms with Crippen LogP contribution in [0, 0.1) is 0 Å². The third-order valence-electron chi connectivity index (χ3n) is 3.82. The molecule has 0 aliphatic carbocycles. The van der Waals surface area contributed by atoms with Gasteiger partial charge in [0, 0.05) is 40.3 Å². The molecular weight excluding hydrogens is 352 g/mol. The van der Waals surface area contributed by atoms with Crippen LogP contribution in [-0.2, 0) is 11.8 Å². The maximum Gasteiger partial charge on any atom is 0.259 e. The Labute approximate surface area is 155 Å². The van der Waals surface area contributed by atoms with Gasteiger partial charge in [0.05, 0.1) is 12.8 Å². The summed E-state index contributed by atoms with van der Waals surface area (Å²) >= 11 is 5.84. The van der Waals surface area contributed by atoms with Crippen molar-refractivity contribution >= 4 is 40.5 Å². The summed E-state index contributed by atoms with van der Waals surface area (Å²) in [5, 5.41) is 7.98. The molecule has 0 aliphatic heterocycles.